The summed E-state index contributed by atoms with van der Waals surface area (Å²) >= 11 is 0. The average Bonchev–Trinajstić information content (AvgIpc) is 2.95. The third-order valence-electron chi connectivity index (χ3n) is 4.25. The Morgan fingerprint density at radius 1 is 0.966 bits per heavy atom. The Kier molecular flexibility index (Phi) is 5.92. The first kappa shape index (κ1) is 20.1. The normalized spacial score (nSPS) is 12.6. The number of rotatable bonds is 7. The van der Waals surface area contributed by atoms with E-state index in [0.717, 1.165) is 4.90 Å². The van der Waals surface area contributed by atoms with Gasteiger partial charge in [-0.25, -0.2) is 4.79 Å². The standard InChI is InChI=1S/C21H20N2O6/c1-3-28-17-11-13(21(27)29-4-2)9-10-16(17)22-18(24)12-23-19(25)14-7-5-6-8-15(14)20(23)26/h5-11H,3-4,12H2,1-2H3,(H,22,24). The summed E-state index contributed by atoms with van der Waals surface area (Å²) < 4.78 is 10.5. The molecule has 0 spiro atoms. The van der Waals surface area contributed by atoms with Crippen molar-refractivity contribution in [2.45, 2.75) is 13.8 Å². The molecule has 0 saturated carbocycles. The van der Waals surface area contributed by atoms with Crippen LogP contribution in [0.15, 0.2) is 42.5 Å². The molecule has 1 N–H and O–H groups in total. The monoisotopic (exact) mass is 396 g/mol. The number of fused-ring (bicyclic) bond motifs is 1. The summed E-state index contributed by atoms with van der Waals surface area (Å²) in [6.07, 6.45) is 0. The highest BCUT2D eigenvalue weighted by Crippen LogP contribution is 2.27. The topological polar surface area (TPSA) is 102 Å². The second-order valence-corrected chi connectivity index (χ2v) is 6.15. The first-order valence-corrected chi connectivity index (χ1v) is 9.15. The van der Waals surface area contributed by atoms with E-state index >= 15 is 0 Å². The van der Waals surface area contributed by atoms with Gasteiger partial charge in [0, 0.05) is 0 Å². The van der Waals surface area contributed by atoms with Crippen molar-refractivity contribution in [2.75, 3.05) is 25.1 Å². The number of imide groups is 1. The number of carbonyl (C=O) groups is 4. The van der Waals surface area contributed by atoms with E-state index in [1.54, 1.807) is 38.1 Å². The first-order chi connectivity index (χ1) is 14.0. The van der Waals surface area contributed by atoms with Crippen molar-refractivity contribution in [3.63, 3.8) is 0 Å². The van der Waals surface area contributed by atoms with Crippen LogP contribution >= 0.6 is 0 Å². The summed E-state index contributed by atoms with van der Waals surface area (Å²) in [6.45, 7) is 3.59. The second kappa shape index (κ2) is 8.55. The largest absolute Gasteiger partial charge is 0.492 e. The van der Waals surface area contributed by atoms with E-state index in [-0.39, 0.29) is 29.0 Å². The highest BCUT2D eigenvalue weighted by atomic mass is 16.5. The van der Waals surface area contributed by atoms with Crippen molar-refractivity contribution in [1.82, 2.24) is 4.90 Å². The van der Waals surface area contributed by atoms with Gasteiger partial charge in [-0.3, -0.25) is 19.3 Å². The Bertz CT molecular complexity index is 950. The van der Waals surface area contributed by atoms with Crippen molar-refractivity contribution in [3.8, 4) is 5.75 Å². The third-order valence-corrected chi connectivity index (χ3v) is 4.25. The second-order valence-electron chi connectivity index (χ2n) is 6.15. The quantitative estimate of drug-likeness (QED) is 0.570. The molecule has 29 heavy (non-hydrogen) atoms. The van der Waals surface area contributed by atoms with Crippen LogP contribution in [0.3, 0.4) is 0 Å². The molecule has 150 valence electrons. The third kappa shape index (κ3) is 4.11. The molecule has 0 saturated heterocycles. The van der Waals surface area contributed by atoms with Crippen molar-refractivity contribution >= 4 is 29.4 Å². The van der Waals surface area contributed by atoms with Gasteiger partial charge in [0.1, 0.15) is 12.3 Å². The number of nitrogens with zero attached hydrogens (tertiary/aromatic N) is 1. The average molecular weight is 396 g/mol. The molecule has 8 heteroatoms. The van der Waals surface area contributed by atoms with E-state index in [1.807, 2.05) is 0 Å². The van der Waals surface area contributed by atoms with Gasteiger partial charge in [-0.2, -0.15) is 0 Å². The number of ether oxygens (including phenoxy) is 2. The van der Waals surface area contributed by atoms with Gasteiger partial charge in [-0.1, -0.05) is 12.1 Å². The van der Waals surface area contributed by atoms with Gasteiger partial charge >= 0.3 is 5.97 Å². The molecule has 2 aromatic carbocycles. The minimum atomic E-state index is -0.565. The Morgan fingerprint density at radius 2 is 1.62 bits per heavy atom. The van der Waals surface area contributed by atoms with Crippen molar-refractivity contribution in [3.05, 3.63) is 59.2 Å². The van der Waals surface area contributed by atoms with Gasteiger partial charge in [-0.15, -0.1) is 0 Å². The maximum absolute atomic E-state index is 12.5. The Labute approximate surface area is 167 Å². The zero-order valence-electron chi connectivity index (χ0n) is 16.1. The van der Waals surface area contributed by atoms with E-state index in [2.05, 4.69) is 5.32 Å². The van der Waals surface area contributed by atoms with Gasteiger partial charge < -0.3 is 14.8 Å². The van der Waals surface area contributed by atoms with E-state index in [9.17, 15) is 19.2 Å². The number of esters is 1. The van der Waals surface area contributed by atoms with Crippen LogP contribution in [0.5, 0.6) is 5.75 Å². The summed E-state index contributed by atoms with van der Waals surface area (Å²) in [5.74, 6) is -1.80. The summed E-state index contributed by atoms with van der Waals surface area (Å²) in [7, 11) is 0. The fourth-order valence-corrected chi connectivity index (χ4v) is 2.96. The van der Waals surface area contributed by atoms with Gasteiger partial charge in [-0.05, 0) is 44.2 Å². The maximum Gasteiger partial charge on any atom is 0.338 e. The molecule has 8 nitrogen and oxygen atoms in total. The minimum absolute atomic E-state index is 0.238. The van der Waals surface area contributed by atoms with E-state index < -0.39 is 30.2 Å². The SMILES string of the molecule is CCOC(=O)c1ccc(NC(=O)CN2C(=O)c3ccccc3C2=O)c(OCC)c1. The van der Waals surface area contributed by atoms with Crippen LogP contribution in [-0.2, 0) is 9.53 Å². The molecule has 0 atom stereocenters. The highest BCUT2D eigenvalue weighted by molar-refractivity contribution is 6.22. The minimum Gasteiger partial charge on any atom is -0.492 e. The zero-order valence-corrected chi connectivity index (χ0v) is 16.1. The van der Waals surface area contributed by atoms with E-state index in [1.165, 1.54) is 18.2 Å². The summed E-state index contributed by atoms with van der Waals surface area (Å²) in [5.41, 5.74) is 1.16. The van der Waals surface area contributed by atoms with Crippen LogP contribution in [0.1, 0.15) is 44.9 Å². The lowest BCUT2D eigenvalue weighted by atomic mass is 10.1. The van der Waals surface area contributed by atoms with Crippen LogP contribution in [0.2, 0.25) is 0 Å². The van der Waals surface area contributed by atoms with Crippen molar-refractivity contribution < 1.29 is 28.7 Å². The van der Waals surface area contributed by atoms with Crippen LogP contribution in [0, 0.1) is 0 Å². The number of carbonyl (C=O) groups excluding carboxylic acids is 4. The molecule has 3 rings (SSSR count). The van der Waals surface area contributed by atoms with E-state index in [0.29, 0.717) is 12.3 Å². The number of nitrogens with one attached hydrogen (secondary N) is 1. The maximum atomic E-state index is 12.5. The summed E-state index contributed by atoms with van der Waals surface area (Å²) in [4.78, 5) is 50.1. The molecule has 0 aromatic heterocycles. The predicted molar refractivity (Wildman–Crippen MR) is 104 cm³/mol. The van der Waals surface area contributed by atoms with Crippen LogP contribution in [0.25, 0.3) is 0 Å². The predicted octanol–water partition coefficient (Wildman–Crippen LogP) is 2.50. The van der Waals surface area contributed by atoms with Crippen LogP contribution in [0.4, 0.5) is 5.69 Å². The highest BCUT2D eigenvalue weighted by Gasteiger charge is 2.36. The Morgan fingerprint density at radius 3 is 2.21 bits per heavy atom. The Hall–Kier alpha value is -3.68. The van der Waals surface area contributed by atoms with Crippen LogP contribution in [-0.4, -0.2) is 48.3 Å². The lowest BCUT2D eigenvalue weighted by Crippen LogP contribution is -2.37. The molecule has 0 unspecified atom stereocenters. The molecule has 0 bridgehead atoms. The lowest BCUT2D eigenvalue weighted by Gasteiger charge is -2.16. The number of hydrogen-bond donors (Lipinski definition) is 1. The molecular weight excluding hydrogens is 376 g/mol. The Balaban J connectivity index is 1.74. The number of benzene rings is 2. The summed E-state index contributed by atoms with van der Waals surface area (Å²) in [5, 5.41) is 2.63. The zero-order chi connectivity index (χ0) is 21.0. The fourth-order valence-electron chi connectivity index (χ4n) is 2.96. The molecule has 2 aromatic rings. The first-order valence-electron chi connectivity index (χ1n) is 9.15. The molecule has 0 radical (unpaired) electrons. The van der Waals surface area contributed by atoms with E-state index in [4.69, 9.17) is 9.47 Å². The molecule has 0 aliphatic carbocycles. The molecule has 1 aliphatic heterocycles. The van der Waals surface area contributed by atoms with Gasteiger partial charge in [0.25, 0.3) is 11.8 Å². The van der Waals surface area contributed by atoms with Crippen molar-refractivity contribution in [2.24, 2.45) is 0 Å². The van der Waals surface area contributed by atoms with Gasteiger partial charge in [0.05, 0.1) is 35.6 Å². The van der Waals surface area contributed by atoms with Gasteiger partial charge in [0.2, 0.25) is 5.91 Å². The molecule has 1 aliphatic rings. The molecular formula is C21H20N2O6. The number of anilines is 1. The van der Waals surface area contributed by atoms with Crippen molar-refractivity contribution in [1.29, 1.82) is 0 Å². The summed E-state index contributed by atoms with van der Waals surface area (Å²) in [6, 6.07) is 10.9. The number of hydrogen-bond acceptors (Lipinski definition) is 6. The molecule has 1 heterocycles. The van der Waals surface area contributed by atoms with Crippen LogP contribution < -0.4 is 10.1 Å². The smallest absolute Gasteiger partial charge is 0.338 e. The molecule has 0 fully saturated rings. The number of amides is 3. The fraction of sp³-hybridized carbons (Fsp3) is 0.238. The van der Waals surface area contributed by atoms with Gasteiger partial charge in [0.15, 0.2) is 0 Å². The lowest BCUT2D eigenvalue weighted by molar-refractivity contribution is -0.116. The molecule has 3 amide bonds.